The van der Waals surface area contributed by atoms with Crippen LogP contribution in [0.1, 0.15) is 41.6 Å². The topological polar surface area (TPSA) is 71.1 Å². The van der Waals surface area contributed by atoms with Gasteiger partial charge in [0.2, 0.25) is 0 Å². The molecule has 1 aromatic carbocycles. The predicted octanol–water partition coefficient (Wildman–Crippen LogP) is 4.17. The monoisotopic (exact) mass is 365 g/mol. The second-order valence-electron chi connectivity index (χ2n) is 6.22. The van der Waals surface area contributed by atoms with Crippen molar-refractivity contribution in [3.63, 3.8) is 0 Å². The van der Waals surface area contributed by atoms with Crippen LogP contribution in [0.5, 0.6) is 0 Å². The Balaban J connectivity index is 2.16. The highest BCUT2D eigenvalue weighted by molar-refractivity contribution is 6.42. The average molecular weight is 366 g/mol. The van der Waals surface area contributed by atoms with E-state index in [9.17, 15) is 9.59 Å². The normalized spacial score (nSPS) is 11.0. The van der Waals surface area contributed by atoms with E-state index in [2.05, 4.69) is 15.6 Å². The average Bonchev–Trinajstić information content (AvgIpc) is 2.49. The smallest absolute Gasteiger partial charge is 0.270 e. The molecular formula is C17H17Cl2N3O2. The van der Waals surface area contributed by atoms with Gasteiger partial charge in [-0.25, -0.2) is 0 Å². The van der Waals surface area contributed by atoms with Crippen molar-refractivity contribution in [3.05, 3.63) is 57.8 Å². The Morgan fingerprint density at radius 2 is 1.71 bits per heavy atom. The van der Waals surface area contributed by atoms with E-state index in [0.717, 1.165) is 0 Å². The fourth-order valence-corrected chi connectivity index (χ4v) is 2.18. The first-order valence-electron chi connectivity index (χ1n) is 7.21. The number of anilines is 1. The van der Waals surface area contributed by atoms with Crippen LogP contribution < -0.4 is 10.6 Å². The number of hydrogen-bond acceptors (Lipinski definition) is 3. The first-order chi connectivity index (χ1) is 11.2. The summed E-state index contributed by atoms with van der Waals surface area (Å²) in [5, 5.41) is 6.24. The SMILES string of the molecule is CC(C)(C)NC(=O)c1cc(C(=O)Nc2ccc(Cl)c(Cl)c2)ccn1. The Labute approximate surface area is 150 Å². The maximum absolute atomic E-state index is 12.3. The van der Waals surface area contributed by atoms with E-state index in [1.807, 2.05) is 20.8 Å². The van der Waals surface area contributed by atoms with E-state index in [1.165, 1.54) is 18.3 Å². The van der Waals surface area contributed by atoms with Gasteiger partial charge in [0.05, 0.1) is 10.0 Å². The molecule has 2 rings (SSSR count). The van der Waals surface area contributed by atoms with E-state index in [0.29, 0.717) is 21.3 Å². The van der Waals surface area contributed by atoms with Gasteiger partial charge in [-0.2, -0.15) is 0 Å². The largest absolute Gasteiger partial charge is 0.346 e. The van der Waals surface area contributed by atoms with Crippen molar-refractivity contribution in [3.8, 4) is 0 Å². The zero-order chi connectivity index (χ0) is 17.9. The lowest BCUT2D eigenvalue weighted by Crippen LogP contribution is -2.41. The van der Waals surface area contributed by atoms with Crippen LogP contribution in [0.2, 0.25) is 10.0 Å². The highest BCUT2D eigenvalue weighted by atomic mass is 35.5. The lowest BCUT2D eigenvalue weighted by Gasteiger charge is -2.20. The summed E-state index contributed by atoms with van der Waals surface area (Å²) in [7, 11) is 0. The Hall–Kier alpha value is -2.11. The number of pyridine rings is 1. The van der Waals surface area contributed by atoms with E-state index in [1.54, 1.807) is 18.2 Å². The van der Waals surface area contributed by atoms with Gasteiger partial charge in [-0.05, 0) is 51.1 Å². The van der Waals surface area contributed by atoms with Crippen molar-refractivity contribution in [2.75, 3.05) is 5.32 Å². The lowest BCUT2D eigenvalue weighted by molar-refractivity contribution is 0.0914. The van der Waals surface area contributed by atoms with Gasteiger partial charge in [-0.3, -0.25) is 14.6 Å². The fraction of sp³-hybridized carbons (Fsp3) is 0.235. The summed E-state index contributed by atoms with van der Waals surface area (Å²) in [6, 6.07) is 7.75. The number of carbonyl (C=O) groups excluding carboxylic acids is 2. The molecule has 0 radical (unpaired) electrons. The molecule has 0 unspecified atom stereocenters. The van der Waals surface area contributed by atoms with E-state index >= 15 is 0 Å². The number of nitrogens with one attached hydrogen (secondary N) is 2. The number of rotatable bonds is 3. The molecule has 2 N–H and O–H groups in total. The highest BCUT2D eigenvalue weighted by Crippen LogP contribution is 2.25. The van der Waals surface area contributed by atoms with Crippen LogP contribution in [0.25, 0.3) is 0 Å². The van der Waals surface area contributed by atoms with Crippen molar-refractivity contribution in [1.29, 1.82) is 0 Å². The molecule has 24 heavy (non-hydrogen) atoms. The lowest BCUT2D eigenvalue weighted by atomic mass is 10.1. The number of halogens is 2. The number of hydrogen-bond donors (Lipinski definition) is 2. The molecule has 2 amide bonds. The van der Waals surface area contributed by atoms with Crippen LogP contribution in [0, 0.1) is 0 Å². The maximum atomic E-state index is 12.3. The number of aromatic nitrogens is 1. The molecule has 0 aliphatic rings. The molecule has 0 bridgehead atoms. The molecule has 0 saturated carbocycles. The van der Waals surface area contributed by atoms with Gasteiger partial charge < -0.3 is 10.6 Å². The van der Waals surface area contributed by atoms with Crippen molar-refractivity contribution >= 4 is 40.7 Å². The molecule has 0 fully saturated rings. The third-order valence-corrected chi connectivity index (χ3v) is 3.66. The molecule has 5 nitrogen and oxygen atoms in total. The van der Waals surface area contributed by atoms with Crippen LogP contribution in [0.15, 0.2) is 36.5 Å². The molecule has 1 heterocycles. The quantitative estimate of drug-likeness (QED) is 0.857. The number of benzene rings is 1. The van der Waals surface area contributed by atoms with Gasteiger partial charge in [-0.15, -0.1) is 0 Å². The second kappa shape index (κ2) is 7.20. The van der Waals surface area contributed by atoms with Crippen LogP contribution >= 0.6 is 23.2 Å². The van der Waals surface area contributed by atoms with Crippen molar-refractivity contribution in [1.82, 2.24) is 10.3 Å². The van der Waals surface area contributed by atoms with E-state index < -0.39 is 5.54 Å². The van der Waals surface area contributed by atoms with Crippen LogP contribution in [0.3, 0.4) is 0 Å². The summed E-state index contributed by atoms with van der Waals surface area (Å²) in [5.41, 5.74) is 0.602. The Kier molecular flexibility index (Phi) is 5.47. The summed E-state index contributed by atoms with van der Waals surface area (Å²) in [6.45, 7) is 5.60. The number of carbonyl (C=O) groups is 2. The first kappa shape index (κ1) is 18.2. The molecular weight excluding hydrogens is 349 g/mol. The summed E-state index contributed by atoms with van der Waals surface area (Å²) in [5.74, 6) is -0.715. The van der Waals surface area contributed by atoms with E-state index in [-0.39, 0.29) is 17.5 Å². The molecule has 0 atom stereocenters. The molecule has 1 aromatic heterocycles. The zero-order valence-corrected chi connectivity index (χ0v) is 15.0. The van der Waals surface area contributed by atoms with Gasteiger partial charge in [0, 0.05) is 23.0 Å². The van der Waals surface area contributed by atoms with Crippen LogP contribution in [-0.4, -0.2) is 22.3 Å². The Morgan fingerprint density at radius 1 is 1.00 bits per heavy atom. The summed E-state index contributed by atoms with van der Waals surface area (Å²) in [4.78, 5) is 28.5. The molecule has 2 aromatic rings. The molecule has 0 saturated heterocycles. The summed E-state index contributed by atoms with van der Waals surface area (Å²) >= 11 is 11.8. The van der Waals surface area contributed by atoms with Gasteiger partial charge in [-0.1, -0.05) is 23.2 Å². The number of amides is 2. The van der Waals surface area contributed by atoms with Crippen molar-refractivity contribution in [2.24, 2.45) is 0 Å². The molecule has 7 heteroatoms. The second-order valence-corrected chi connectivity index (χ2v) is 7.03. The zero-order valence-electron chi connectivity index (χ0n) is 13.5. The van der Waals surface area contributed by atoms with Gasteiger partial charge in [0.25, 0.3) is 11.8 Å². The molecule has 0 aliphatic carbocycles. The van der Waals surface area contributed by atoms with Crippen molar-refractivity contribution < 1.29 is 9.59 Å². The number of nitrogens with zero attached hydrogens (tertiary/aromatic N) is 1. The third kappa shape index (κ3) is 4.94. The minimum atomic E-state index is -0.392. The first-order valence-corrected chi connectivity index (χ1v) is 7.96. The van der Waals surface area contributed by atoms with Crippen LogP contribution in [0.4, 0.5) is 5.69 Å². The van der Waals surface area contributed by atoms with Gasteiger partial charge in [0.1, 0.15) is 5.69 Å². The summed E-state index contributed by atoms with van der Waals surface area (Å²) in [6.07, 6.45) is 1.42. The molecule has 0 aliphatic heterocycles. The maximum Gasteiger partial charge on any atom is 0.270 e. The third-order valence-electron chi connectivity index (χ3n) is 2.92. The highest BCUT2D eigenvalue weighted by Gasteiger charge is 2.17. The van der Waals surface area contributed by atoms with E-state index in [4.69, 9.17) is 23.2 Å². The minimum Gasteiger partial charge on any atom is -0.346 e. The minimum absolute atomic E-state index is 0.173. The van der Waals surface area contributed by atoms with Crippen molar-refractivity contribution in [2.45, 2.75) is 26.3 Å². The standard InChI is InChI=1S/C17H17Cl2N3O2/c1-17(2,3)22-16(24)14-8-10(6-7-20-14)15(23)21-11-4-5-12(18)13(19)9-11/h4-9H,1-3H3,(H,21,23)(H,22,24). The molecule has 126 valence electrons. The van der Waals surface area contributed by atoms with Gasteiger partial charge >= 0.3 is 0 Å². The fourth-order valence-electron chi connectivity index (χ4n) is 1.88. The van der Waals surface area contributed by atoms with Gasteiger partial charge in [0.15, 0.2) is 0 Å². The van der Waals surface area contributed by atoms with Crippen LogP contribution in [-0.2, 0) is 0 Å². The molecule has 0 spiro atoms. The predicted molar refractivity (Wildman–Crippen MR) is 95.9 cm³/mol. The summed E-state index contributed by atoms with van der Waals surface area (Å²) < 4.78 is 0. The Bertz CT molecular complexity index is 786. The Morgan fingerprint density at radius 3 is 2.33 bits per heavy atom.